The van der Waals surface area contributed by atoms with Gasteiger partial charge in [-0.1, -0.05) is 60.3 Å². The second-order valence-corrected chi connectivity index (χ2v) is 7.80. The summed E-state index contributed by atoms with van der Waals surface area (Å²) in [4.78, 5) is 25.3. The van der Waals surface area contributed by atoms with Crippen molar-refractivity contribution in [3.63, 3.8) is 0 Å². The Labute approximate surface area is 189 Å². The van der Waals surface area contributed by atoms with Crippen molar-refractivity contribution in [2.24, 2.45) is 0 Å². The number of amides is 2. The van der Waals surface area contributed by atoms with Crippen molar-refractivity contribution in [3.05, 3.63) is 90.0 Å². The van der Waals surface area contributed by atoms with Crippen LogP contribution in [0.25, 0.3) is 5.69 Å². The summed E-state index contributed by atoms with van der Waals surface area (Å²) >= 11 is 1.22. The molecule has 0 radical (unpaired) electrons. The van der Waals surface area contributed by atoms with Gasteiger partial charge in [0.05, 0.1) is 22.7 Å². The van der Waals surface area contributed by atoms with Crippen molar-refractivity contribution in [1.29, 1.82) is 0 Å². The van der Waals surface area contributed by atoms with Gasteiger partial charge in [0.15, 0.2) is 0 Å². The summed E-state index contributed by atoms with van der Waals surface area (Å²) in [5.41, 5.74) is 3.36. The Morgan fingerprint density at radius 1 is 0.906 bits per heavy atom. The molecule has 9 heteroatoms. The van der Waals surface area contributed by atoms with Gasteiger partial charge in [0.2, 0.25) is 11.1 Å². The van der Waals surface area contributed by atoms with Crippen LogP contribution in [0.15, 0.2) is 84.0 Å². The highest BCUT2D eigenvalue weighted by molar-refractivity contribution is 7.99. The number of para-hydroxylation sites is 3. The van der Waals surface area contributed by atoms with Gasteiger partial charge < -0.3 is 10.6 Å². The summed E-state index contributed by atoms with van der Waals surface area (Å²) in [5, 5.41) is 17.9. The van der Waals surface area contributed by atoms with Crippen LogP contribution in [0, 0.1) is 6.92 Å². The molecule has 32 heavy (non-hydrogen) atoms. The summed E-state index contributed by atoms with van der Waals surface area (Å²) < 4.78 is 1.61. The fraction of sp³-hybridized carbons (Fsp3) is 0.0870. The zero-order valence-corrected chi connectivity index (χ0v) is 18.0. The lowest BCUT2D eigenvalue weighted by Crippen LogP contribution is -2.19. The molecular formula is C23H20N6O2S. The SMILES string of the molecule is Cc1ccccc1-n1nnnc1SCC(=O)Nc1ccccc1C(=O)Nc1ccccc1. The Kier molecular flexibility index (Phi) is 6.57. The number of anilines is 2. The standard InChI is InChI=1S/C23H20N6O2S/c1-16-9-5-8-14-20(16)29-23(26-27-28-29)32-15-21(30)25-19-13-7-6-12-18(19)22(31)24-17-10-3-2-4-11-17/h2-14H,15H2,1H3,(H,24,31)(H,25,30). The number of benzene rings is 3. The quantitative estimate of drug-likeness (QED) is 0.419. The van der Waals surface area contributed by atoms with Crippen LogP contribution in [0.2, 0.25) is 0 Å². The predicted molar refractivity (Wildman–Crippen MR) is 124 cm³/mol. The van der Waals surface area contributed by atoms with E-state index in [1.165, 1.54) is 11.8 Å². The van der Waals surface area contributed by atoms with Crippen LogP contribution < -0.4 is 10.6 Å². The van der Waals surface area contributed by atoms with Crippen molar-refractivity contribution in [2.75, 3.05) is 16.4 Å². The van der Waals surface area contributed by atoms with Crippen LogP contribution in [0.3, 0.4) is 0 Å². The van der Waals surface area contributed by atoms with E-state index in [1.807, 2.05) is 49.4 Å². The number of carbonyl (C=O) groups is 2. The maximum absolute atomic E-state index is 12.7. The minimum Gasteiger partial charge on any atom is -0.325 e. The molecule has 1 heterocycles. The molecule has 0 fully saturated rings. The first-order chi connectivity index (χ1) is 15.6. The highest BCUT2D eigenvalue weighted by Crippen LogP contribution is 2.22. The van der Waals surface area contributed by atoms with Crippen LogP contribution in [0.4, 0.5) is 11.4 Å². The topological polar surface area (TPSA) is 102 Å². The monoisotopic (exact) mass is 444 g/mol. The molecule has 0 aliphatic rings. The fourth-order valence-electron chi connectivity index (χ4n) is 3.05. The molecule has 0 bridgehead atoms. The molecule has 0 saturated heterocycles. The third-order valence-corrected chi connectivity index (χ3v) is 5.51. The van der Waals surface area contributed by atoms with E-state index in [0.29, 0.717) is 22.1 Å². The molecule has 2 amide bonds. The van der Waals surface area contributed by atoms with E-state index < -0.39 is 0 Å². The Bertz CT molecular complexity index is 1240. The van der Waals surface area contributed by atoms with Crippen LogP contribution >= 0.6 is 11.8 Å². The first-order valence-electron chi connectivity index (χ1n) is 9.84. The molecule has 4 rings (SSSR count). The van der Waals surface area contributed by atoms with Gasteiger partial charge in [0.25, 0.3) is 5.91 Å². The largest absolute Gasteiger partial charge is 0.325 e. The van der Waals surface area contributed by atoms with Crippen LogP contribution in [-0.2, 0) is 4.79 Å². The number of nitrogens with zero attached hydrogens (tertiary/aromatic N) is 4. The Hall–Kier alpha value is -3.98. The minimum absolute atomic E-state index is 0.0842. The van der Waals surface area contributed by atoms with Crippen LogP contribution in [-0.4, -0.2) is 37.8 Å². The Morgan fingerprint density at radius 3 is 2.44 bits per heavy atom. The molecule has 2 N–H and O–H groups in total. The van der Waals surface area contributed by atoms with Gasteiger partial charge in [-0.05, 0) is 53.2 Å². The van der Waals surface area contributed by atoms with Crippen molar-refractivity contribution in [1.82, 2.24) is 20.2 Å². The van der Waals surface area contributed by atoms with Gasteiger partial charge in [0, 0.05) is 5.69 Å². The molecule has 0 spiro atoms. The normalized spacial score (nSPS) is 10.5. The Morgan fingerprint density at radius 2 is 1.62 bits per heavy atom. The number of thioether (sulfide) groups is 1. The number of aromatic nitrogens is 4. The molecule has 3 aromatic carbocycles. The maximum Gasteiger partial charge on any atom is 0.257 e. The van der Waals surface area contributed by atoms with Crippen LogP contribution in [0.1, 0.15) is 15.9 Å². The second kappa shape index (κ2) is 9.88. The van der Waals surface area contributed by atoms with E-state index in [2.05, 4.69) is 26.2 Å². The van der Waals surface area contributed by atoms with E-state index >= 15 is 0 Å². The number of hydrogen-bond donors (Lipinski definition) is 2. The second-order valence-electron chi connectivity index (χ2n) is 6.86. The third kappa shape index (κ3) is 5.01. The first-order valence-corrected chi connectivity index (χ1v) is 10.8. The predicted octanol–water partition coefficient (Wildman–Crippen LogP) is 3.95. The van der Waals surface area contributed by atoms with Gasteiger partial charge >= 0.3 is 0 Å². The zero-order chi connectivity index (χ0) is 22.3. The van der Waals surface area contributed by atoms with Crippen LogP contribution in [0.5, 0.6) is 0 Å². The van der Waals surface area contributed by atoms with Gasteiger partial charge in [-0.2, -0.15) is 4.68 Å². The molecule has 0 aliphatic heterocycles. The number of carbonyl (C=O) groups excluding carboxylic acids is 2. The Balaban J connectivity index is 1.42. The maximum atomic E-state index is 12.7. The molecule has 160 valence electrons. The van der Waals surface area contributed by atoms with E-state index in [-0.39, 0.29) is 17.6 Å². The zero-order valence-electron chi connectivity index (χ0n) is 17.2. The molecule has 0 atom stereocenters. The van der Waals surface area contributed by atoms with E-state index in [1.54, 1.807) is 41.1 Å². The molecule has 8 nitrogen and oxygen atoms in total. The lowest BCUT2D eigenvalue weighted by molar-refractivity contribution is -0.113. The lowest BCUT2D eigenvalue weighted by atomic mass is 10.1. The molecule has 1 aromatic heterocycles. The van der Waals surface area contributed by atoms with E-state index in [4.69, 9.17) is 0 Å². The summed E-state index contributed by atoms with van der Waals surface area (Å²) in [7, 11) is 0. The molecule has 0 saturated carbocycles. The van der Waals surface area contributed by atoms with Gasteiger partial charge in [-0.25, -0.2) is 0 Å². The minimum atomic E-state index is -0.303. The molecule has 0 aliphatic carbocycles. The number of nitrogens with one attached hydrogen (secondary N) is 2. The summed E-state index contributed by atoms with van der Waals surface area (Å²) in [6.45, 7) is 1.97. The highest BCUT2D eigenvalue weighted by Gasteiger charge is 2.16. The van der Waals surface area contributed by atoms with E-state index in [9.17, 15) is 9.59 Å². The van der Waals surface area contributed by atoms with Gasteiger partial charge in [0.1, 0.15) is 0 Å². The smallest absolute Gasteiger partial charge is 0.257 e. The van der Waals surface area contributed by atoms with E-state index in [0.717, 1.165) is 11.3 Å². The molecular weight excluding hydrogens is 424 g/mol. The van der Waals surface area contributed by atoms with Gasteiger partial charge in [-0.3, -0.25) is 9.59 Å². The first kappa shape index (κ1) is 21.3. The average molecular weight is 445 g/mol. The number of aryl methyl sites for hydroxylation is 1. The lowest BCUT2D eigenvalue weighted by Gasteiger charge is -2.11. The average Bonchev–Trinajstić information content (AvgIpc) is 3.27. The fourth-order valence-corrected chi connectivity index (χ4v) is 3.73. The van der Waals surface area contributed by atoms with Crippen molar-refractivity contribution >= 4 is 35.0 Å². The van der Waals surface area contributed by atoms with Crippen molar-refractivity contribution < 1.29 is 9.59 Å². The number of hydrogen-bond acceptors (Lipinski definition) is 6. The van der Waals surface area contributed by atoms with Crippen molar-refractivity contribution in [3.8, 4) is 5.69 Å². The summed E-state index contributed by atoms with van der Waals surface area (Å²) in [5.74, 6) is -0.487. The number of tetrazole rings is 1. The highest BCUT2D eigenvalue weighted by atomic mass is 32.2. The van der Waals surface area contributed by atoms with Crippen molar-refractivity contribution in [2.45, 2.75) is 12.1 Å². The van der Waals surface area contributed by atoms with Gasteiger partial charge in [-0.15, -0.1) is 5.10 Å². The summed E-state index contributed by atoms with van der Waals surface area (Å²) in [6, 6.07) is 23.8. The summed E-state index contributed by atoms with van der Waals surface area (Å²) in [6.07, 6.45) is 0. The number of rotatable bonds is 7. The molecule has 4 aromatic rings. The molecule has 0 unspecified atom stereocenters. The third-order valence-electron chi connectivity index (χ3n) is 4.59.